The van der Waals surface area contributed by atoms with Gasteiger partial charge in [-0.05, 0) is 36.4 Å². The van der Waals surface area contributed by atoms with Crippen molar-refractivity contribution in [2.75, 3.05) is 5.32 Å². The predicted molar refractivity (Wildman–Crippen MR) is 99.5 cm³/mol. The Bertz CT molecular complexity index is 1150. The molecule has 0 spiro atoms. The van der Waals surface area contributed by atoms with E-state index >= 15 is 0 Å². The molecule has 1 amide bonds. The van der Waals surface area contributed by atoms with Crippen molar-refractivity contribution in [3.8, 4) is 11.3 Å². The molecule has 134 valence electrons. The van der Waals surface area contributed by atoms with E-state index in [9.17, 15) is 19.3 Å². The summed E-state index contributed by atoms with van der Waals surface area (Å²) in [7, 11) is 0. The molecule has 0 unspecified atom stereocenters. The highest BCUT2D eigenvalue weighted by atomic mass is 32.1. The number of rotatable bonds is 4. The maximum absolute atomic E-state index is 13.2. The Balaban J connectivity index is 1.71. The number of hydrogen-bond donors (Lipinski definition) is 1. The van der Waals surface area contributed by atoms with Gasteiger partial charge < -0.3 is 5.32 Å². The molecule has 1 N–H and O–H groups in total. The maximum Gasteiger partial charge on any atom is 0.269 e. The molecule has 0 bridgehead atoms. The van der Waals surface area contributed by atoms with E-state index in [1.54, 1.807) is 22.7 Å². The number of hydrogen-bond acceptors (Lipinski definition) is 5. The van der Waals surface area contributed by atoms with E-state index in [1.165, 1.54) is 47.7 Å². The standard InChI is InChI=1S/C18H11FN4O3S/c19-13-5-1-11(2-6-13)15-16(22-9-10-27-18(22)20-15)21-17(24)12-3-7-14(8-4-12)23(25)26/h1-10H,(H,21,24). The molecule has 0 fully saturated rings. The maximum atomic E-state index is 13.2. The van der Waals surface area contributed by atoms with E-state index in [0.717, 1.165) is 0 Å². The number of non-ortho nitro benzene ring substituents is 1. The monoisotopic (exact) mass is 382 g/mol. The minimum atomic E-state index is -0.528. The predicted octanol–water partition coefficient (Wildman–Crippen LogP) is 4.36. The first kappa shape index (κ1) is 16.9. The summed E-state index contributed by atoms with van der Waals surface area (Å²) in [5.41, 5.74) is 1.35. The Morgan fingerprint density at radius 3 is 2.52 bits per heavy atom. The Morgan fingerprint density at radius 1 is 1.15 bits per heavy atom. The summed E-state index contributed by atoms with van der Waals surface area (Å²) in [5, 5.41) is 15.4. The number of nitro benzene ring substituents is 1. The molecule has 0 aliphatic carbocycles. The van der Waals surface area contributed by atoms with Crippen LogP contribution in [0.3, 0.4) is 0 Å². The second-order valence-corrected chi connectivity index (χ2v) is 6.50. The molecule has 2 aromatic carbocycles. The molecule has 2 heterocycles. The lowest BCUT2D eigenvalue weighted by atomic mass is 10.1. The van der Waals surface area contributed by atoms with Crippen LogP contribution in [0.1, 0.15) is 10.4 Å². The van der Waals surface area contributed by atoms with E-state index in [1.807, 2.05) is 5.38 Å². The summed E-state index contributed by atoms with van der Waals surface area (Å²) in [6.07, 6.45) is 1.77. The van der Waals surface area contributed by atoms with Gasteiger partial charge in [-0.3, -0.25) is 19.3 Å². The number of carbonyl (C=O) groups excluding carboxylic acids is 1. The molecule has 4 aromatic rings. The molecule has 0 saturated carbocycles. The zero-order valence-electron chi connectivity index (χ0n) is 13.6. The third-order valence-electron chi connectivity index (χ3n) is 3.95. The number of anilines is 1. The number of nitrogens with one attached hydrogen (secondary N) is 1. The van der Waals surface area contributed by atoms with Crippen LogP contribution < -0.4 is 5.32 Å². The van der Waals surface area contributed by atoms with E-state index in [-0.39, 0.29) is 17.1 Å². The van der Waals surface area contributed by atoms with Gasteiger partial charge in [-0.15, -0.1) is 11.3 Å². The SMILES string of the molecule is O=C(Nc1c(-c2ccc(F)cc2)nc2sccn12)c1ccc([N+](=O)[O-])cc1. The van der Waals surface area contributed by atoms with Crippen molar-refractivity contribution in [1.29, 1.82) is 0 Å². The van der Waals surface area contributed by atoms with Crippen molar-refractivity contribution in [2.45, 2.75) is 0 Å². The number of benzene rings is 2. The number of imidazole rings is 1. The summed E-state index contributed by atoms with van der Waals surface area (Å²) in [5.74, 6) is -0.348. The highest BCUT2D eigenvalue weighted by Crippen LogP contribution is 2.31. The minimum absolute atomic E-state index is 0.0943. The molecule has 9 heteroatoms. The normalized spacial score (nSPS) is 10.9. The molecule has 0 saturated heterocycles. The van der Waals surface area contributed by atoms with Gasteiger partial charge in [-0.2, -0.15) is 0 Å². The zero-order chi connectivity index (χ0) is 19.0. The summed E-state index contributed by atoms with van der Waals surface area (Å²) in [6, 6.07) is 11.1. The highest BCUT2D eigenvalue weighted by Gasteiger charge is 2.18. The smallest absolute Gasteiger partial charge is 0.269 e. The van der Waals surface area contributed by atoms with Crippen molar-refractivity contribution in [3.63, 3.8) is 0 Å². The summed E-state index contributed by atoms with van der Waals surface area (Å²) in [4.78, 5) is 28.0. The van der Waals surface area contributed by atoms with Crippen LogP contribution in [0, 0.1) is 15.9 Å². The van der Waals surface area contributed by atoms with Crippen LogP contribution >= 0.6 is 11.3 Å². The summed E-state index contributed by atoms with van der Waals surface area (Å²) < 4.78 is 15.0. The fourth-order valence-corrected chi connectivity index (χ4v) is 3.34. The van der Waals surface area contributed by atoms with Gasteiger partial charge in [0.1, 0.15) is 17.3 Å². The lowest BCUT2D eigenvalue weighted by Gasteiger charge is -2.07. The van der Waals surface area contributed by atoms with Gasteiger partial charge in [0.25, 0.3) is 11.6 Å². The molecule has 0 aliphatic heterocycles. The molecule has 27 heavy (non-hydrogen) atoms. The van der Waals surface area contributed by atoms with E-state index in [2.05, 4.69) is 10.3 Å². The lowest BCUT2D eigenvalue weighted by molar-refractivity contribution is -0.384. The van der Waals surface area contributed by atoms with Crippen LogP contribution in [0.2, 0.25) is 0 Å². The van der Waals surface area contributed by atoms with Gasteiger partial charge in [0.05, 0.1) is 4.92 Å². The average molecular weight is 382 g/mol. The molecule has 0 aliphatic rings. The number of nitrogens with zero attached hydrogens (tertiary/aromatic N) is 3. The van der Waals surface area contributed by atoms with Crippen LogP contribution in [0.5, 0.6) is 0 Å². The van der Waals surface area contributed by atoms with Gasteiger partial charge in [0.15, 0.2) is 4.96 Å². The van der Waals surface area contributed by atoms with E-state index in [0.29, 0.717) is 22.0 Å². The zero-order valence-corrected chi connectivity index (χ0v) is 14.4. The molecule has 2 aromatic heterocycles. The Labute approximate surface area is 155 Å². The Hall–Kier alpha value is -3.59. The number of amides is 1. The third-order valence-corrected chi connectivity index (χ3v) is 4.71. The van der Waals surface area contributed by atoms with E-state index in [4.69, 9.17) is 0 Å². The second kappa shape index (κ2) is 6.61. The molecule has 0 atom stereocenters. The first-order valence-electron chi connectivity index (χ1n) is 7.80. The van der Waals surface area contributed by atoms with E-state index < -0.39 is 10.8 Å². The number of aromatic nitrogens is 2. The fourth-order valence-electron chi connectivity index (χ4n) is 2.63. The molecular weight excluding hydrogens is 371 g/mol. The lowest BCUT2D eigenvalue weighted by Crippen LogP contribution is -2.13. The number of nitro groups is 1. The van der Waals surface area contributed by atoms with Crippen molar-refractivity contribution >= 4 is 33.7 Å². The first-order valence-corrected chi connectivity index (χ1v) is 8.68. The van der Waals surface area contributed by atoms with Gasteiger partial charge in [-0.25, -0.2) is 9.37 Å². The number of thiazole rings is 1. The first-order chi connectivity index (χ1) is 13.0. The summed E-state index contributed by atoms with van der Waals surface area (Å²) in [6.45, 7) is 0. The largest absolute Gasteiger partial charge is 0.306 e. The molecule has 4 rings (SSSR count). The summed E-state index contributed by atoms with van der Waals surface area (Å²) >= 11 is 1.40. The average Bonchev–Trinajstić information content (AvgIpc) is 3.25. The van der Waals surface area contributed by atoms with Crippen molar-refractivity contribution < 1.29 is 14.1 Å². The minimum Gasteiger partial charge on any atom is -0.306 e. The Kier molecular flexibility index (Phi) is 4.13. The van der Waals surface area contributed by atoms with Crippen LogP contribution in [0.15, 0.2) is 60.1 Å². The van der Waals surface area contributed by atoms with Gasteiger partial charge >= 0.3 is 0 Å². The van der Waals surface area contributed by atoms with Gasteiger partial charge in [0.2, 0.25) is 0 Å². The highest BCUT2D eigenvalue weighted by molar-refractivity contribution is 7.15. The van der Waals surface area contributed by atoms with Crippen molar-refractivity contribution in [3.05, 3.63) is 81.6 Å². The second-order valence-electron chi connectivity index (χ2n) is 5.63. The Morgan fingerprint density at radius 2 is 1.85 bits per heavy atom. The topological polar surface area (TPSA) is 89.5 Å². The van der Waals surface area contributed by atoms with Crippen molar-refractivity contribution in [1.82, 2.24) is 9.38 Å². The number of fused-ring (bicyclic) bond motifs is 1. The fraction of sp³-hybridized carbons (Fsp3) is 0. The third kappa shape index (κ3) is 3.15. The van der Waals surface area contributed by atoms with Gasteiger partial charge in [0, 0.05) is 34.8 Å². The van der Waals surface area contributed by atoms with Crippen LogP contribution in [0.4, 0.5) is 15.9 Å². The van der Waals surface area contributed by atoms with Crippen LogP contribution in [-0.2, 0) is 0 Å². The molecular formula is C18H11FN4O3S. The molecule has 7 nitrogen and oxygen atoms in total. The van der Waals surface area contributed by atoms with Gasteiger partial charge in [-0.1, -0.05) is 0 Å². The van der Waals surface area contributed by atoms with Crippen molar-refractivity contribution in [2.24, 2.45) is 0 Å². The molecule has 0 radical (unpaired) electrons. The quantitative estimate of drug-likeness (QED) is 0.419. The van der Waals surface area contributed by atoms with Crippen LogP contribution in [-0.4, -0.2) is 20.2 Å². The van der Waals surface area contributed by atoms with Crippen LogP contribution in [0.25, 0.3) is 16.2 Å². The number of carbonyl (C=O) groups is 1. The number of halogens is 1.